The molecule has 0 saturated heterocycles. The quantitative estimate of drug-likeness (QED) is 0.596. The molecule has 0 aliphatic heterocycles. The van der Waals surface area contributed by atoms with Gasteiger partial charge in [-0.15, -0.1) is 0 Å². The molecule has 0 atom stereocenters. The summed E-state index contributed by atoms with van der Waals surface area (Å²) < 4.78 is 1.96. The second-order valence-corrected chi connectivity index (χ2v) is 6.44. The third-order valence-corrected chi connectivity index (χ3v) is 4.89. The number of amidine groups is 1. The van der Waals surface area contributed by atoms with Gasteiger partial charge in [-0.2, -0.15) is 0 Å². The molecule has 92 valence electrons. The highest BCUT2D eigenvalue weighted by Crippen LogP contribution is 2.35. The molecule has 0 saturated carbocycles. The van der Waals surface area contributed by atoms with Crippen molar-refractivity contribution in [3.63, 3.8) is 0 Å². The molecule has 0 bridgehead atoms. The number of nitrogens with one attached hydrogen (secondary N) is 1. The van der Waals surface area contributed by atoms with E-state index in [2.05, 4.69) is 31.9 Å². The number of hydrogen-bond acceptors (Lipinski definition) is 2. The first kappa shape index (κ1) is 13.6. The van der Waals surface area contributed by atoms with Gasteiger partial charge in [0.05, 0.1) is 0 Å². The fourth-order valence-corrected chi connectivity index (χ4v) is 3.30. The molecule has 2 aromatic rings. The van der Waals surface area contributed by atoms with Gasteiger partial charge >= 0.3 is 0 Å². The van der Waals surface area contributed by atoms with E-state index in [1.54, 1.807) is 11.8 Å². The van der Waals surface area contributed by atoms with Gasteiger partial charge in [0, 0.05) is 24.3 Å². The highest BCUT2D eigenvalue weighted by molar-refractivity contribution is 9.10. The Balaban J connectivity index is 2.41. The van der Waals surface area contributed by atoms with Crippen LogP contribution < -0.4 is 5.73 Å². The molecule has 0 unspecified atom stereocenters. The molecule has 3 N–H and O–H groups in total. The normalized spacial score (nSPS) is 10.3. The van der Waals surface area contributed by atoms with E-state index in [1.165, 1.54) is 0 Å². The number of nitrogens with two attached hydrogens (primary N) is 1. The molecule has 0 heterocycles. The van der Waals surface area contributed by atoms with E-state index >= 15 is 0 Å². The van der Waals surface area contributed by atoms with Crippen LogP contribution in [0.4, 0.5) is 0 Å². The smallest absolute Gasteiger partial charge is 0.123 e. The highest BCUT2D eigenvalue weighted by atomic mass is 79.9. The molecule has 0 fully saturated rings. The molecule has 2 nitrogen and oxygen atoms in total. The minimum absolute atomic E-state index is 0.0749. The van der Waals surface area contributed by atoms with Gasteiger partial charge in [0.25, 0.3) is 0 Å². The maximum Gasteiger partial charge on any atom is 0.123 e. The number of hydrogen-bond donors (Lipinski definition) is 2. The first-order chi connectivity index (χ1) is 8.58. The zero-order chi connectivity index (χ0) is 13.1. The van der Waals surface area contributed by atoms with Crippen LogP contribution in [0, 0.1) is 5.41 Å². The average Bonchev–Trinajstić information content (AvgIpc) is 2.34. The van der Waals surface area contributed by atoms with E-state index in [-0.39, 0.29) is 5.84 Å². The Bertz CT molecular complexity index is 599. The van der Waals surface area contributed by atoms with Gasteiger partial charge in [0.15, 0.2) is 0 Å². The molecule has 18 heavy (non-hydrogen) atoms. The standard InChI is InChI=1S/C13H10Br2N2S/c14-8-5-6-11(9(7-8)13(16)17)18-12-4-2-1-3-10(12)15/h1-7H,(H3,16,17). The number of halogens is 2. The summed E-state index contributed by atoms with van der Waals surface area (Å²) in [4.78, 5) is 2.07. The summed E-state index contributed by atoms with van der Waals surface area (Å²) in [5.74, 6) is 0.0749. The topological polar surface area (TPSA) is 49.9 Å². The molecular formula is C13H10Br2N2S. The van der Waals surface area contributed by atoms with Gasteiger partial charge < -0.3 is 5.73 Å². The van der Waals surface area contributed by atoms with Crippen LogP contribution in [0.5, 0.6) is 0 Å². The molecule has 0 radical (unpaired) electrons. The largest absolute Gasteiger partial charge is 0.384 e. The SMILES string of the molecule is N=C(N)c1cc(Br)ccc1Sc1ccccc1Br. The molecule has 0 spiro atoms. The molecule has 2 rings (SSSR count). The third-order valence-electron chi connectivity index (χ3n) is 2.29. The van der Waals surface area contributed by atoms with Crippen LogP contribution in [-0.4, -0.2) is 5.84 Å². The van der Waals surface area contributed by atoms with Crippen molar-refractivity contribution < 1.29 is 0 Å². The predicted molar refractivity (Wildman–Crippen MR) is 83.4 cm³/mol. The molecule has 0 amide bonds. The van der Waals surface area contributed by atoms with Crippen LogP contribution in [0.1, 0.15) is 5.56 Å². The zero-order valence-electron chi connectivity index (χ0n) is 9.28. The zero-order valence-corrected chi connectivity index (χ0v) is 13.3. The summed E-state index contributed by atoms with van der Waals surface area (Å²) in [6.45, 7) is 0. The van der Waals surface area contributed by atoms with Crippen LogP contribution in [0.2, 0.25) is 0 Å². The average molecular weight is 386 g/mol. The van der Waals surface area contributed by atoms with Crippen LogP contribution in [0.25, 0.3) is 0 Å². The summed E-state index contributed by atoms with van der Waals surface area (Å²) in [5, 5.41) is 7.62. The molecule has 0 aliphatic rings. The van der Waals surface area contributed by atoms with Gasteiger partial charge in [-0.3, -0.25) is 5.41 Å². The van der Waals surface area contributed by atoms with Crippen LogP contribution in [-0.2, 0) is 0 Å². The Morgan fingerprint density at radius 2 is 1.78 bits per heavy atom. The Kier molecular flexibility index (Phi) is 4.48. The lowest BCUT2D eigenvalue weighted by Gasteiger charge is -2.09. The Hall–Kier alpha value is -0.780. The first-order valence-electron chi connectivity index (χ1n) is 5.14. The van der Waals surface area contributed by atoms with E-state index in [0.717, 1.165) is 24.3 Å². The Morgan fingerprint density at radius 3 is 2.44 bits per heavy atom. The van der Waals surface area contributed by atoms with Crippen molar-refractivity contribution in [2.75, 3.05) is 0 Å². The van der Waals surface area contributed by atoms with Gasteiger partial charge in [0.2, 0.25) is 0 Å². The molecular weight excluding hydrogens is 376 g/mol. The number of benzene rings is 2. The molecule has 0 aliphatic carbocycles. The van der Waals surface area contributed by atoms with E-state index < -0.39 is 0 Å². The van der Waals surface area contributed by atoms with Gasteiger partial charge in [0.1, 0.15) is 5.84 Å². The van der Waals surface area contributed by atoms with E-state index in [4.69, 9.17) is 11.1 Å². The Morgan fingerprint density at radius 1 is 1.06 bits per heavy atom. The summed E-state index contributed by atoms with van der Waals surface area (Å²) >= 11 is 8.50. The van der Waals surface area contributed by atoms with Crippen LogP contribution in [0.3, 0.4) is 0 Å². The van der Waals surface area contributed by atoms with Gasteiger partial charge in [-0.05, 0) is 46.3 Å². The van der Waals surface area contributed by atoms with Gasteiger partial charge in [-0.1, -0.05) is 39.8 Å². The maximum absolute atomic E-state index is 7.62. The second-order valence-electron chi connectivity index (χ2n) is 3.59. The van der Waals surface area contributed by atoms with Crippen LogP contribution >= 0.6 is 43.6 Å². The van der Waals surface area contributed by atoms with E-state index in [0.29, 0.717) is 0 Å². The summed E-state index contributed by atoms with van der Waals surface area (Å²) in [7, 11) is 0. The Labute approximate surface area is 127 Å². The monoisotopic (exact) mass is 384 g/mol. The third kappa shape index (κ3) is 3.16. The van der Waals surface area contributed by atoms with Crippen molar-refractivity contribution >= 4 is 49.5 Å². The van der Waals surface area contributed by atoms with Crippen molar-refractivity contribution in [2.24, 2.45) is 5.73 Å². The molecule has 2 aromatic carbocycles. The lowest BCUT2D eigenvalue weighted by atomic mass is 10.2. The van der Waals surface area contributed by atoms with Crippen molar-refractivity contribution in [3.8, 4) is 0 Å². The summed E-state index contributed by atoms with van der Waals surface area (Å²) in [6.07, 6.45) is 0. The van der Waals surface area contributed by atoms with Gasteiger partial charge in [-0.25, -0.2) is 0 Å². The minimum atomic E-state index is 0.0749. The number of nitrogen functional groups attached to an aromatic ring is 1. The highest BCUT2D eigenvalue weighted by Gasteiger charge is 2.09. The minimum Gasteiger partial charge on any atom is -0.384 e. The number of rotatable bonds is 3. The molecule has 0 aromatic heterocycles. The van der Waals surface area contributed by atoms with Crippen molar-refractivity contribution in [2.45, 2.75) is 9.79 Å². The molecule has 5 heteroatoms. The lowest BCUT2D eigenvalue weighted by molar-refractivity contribution is 1.31. The fraction of sp³-hybridized carbons (Fsp3) is 0. The van der Waals surface area contributed by atoms with Crippen LogP contribution in [0.15, 0.2) is 61.2 Å². The predicted octanol–water partition coefficient (Wildman–Crippen LogP) is 4.65. The van der Waals surface area contributed by atoms with Crippen molar-refractivity contribution in [1.29, 1.82) is 5.41 Å². The second kappa shape index (κ2) is 5.91. The van der Waals surface area contributed by atoms with Crippen molar-refractivity contribution in [1.82, 2.24) is 0 Å². The lowest BCUT2D eigenvalue weighted by Crippen LogP contribution is -2.12. The summed E-state index contributed by atoms with van der Waals surface area (Å²) in [5.41, 5.74) is 6.35. The fourth-order valence-electron chi connectivity index (χ4n) is 1.45. The summed E-state index contributed by atoms with van der Waals surface area (Å²) in [6, 6.07) is 13.8. The maximum atomic E-state index is 7.62. The van der Waals surface area contributed by atoms with E-state index in [9.17, 15) is 0 Å². The first-order valence-corrected chi connectivity index (χ1v) is 7.54. The van der Waals surface area contributed by atoms with E-state index in [1.807, 2.05) is 42.5 Å². The van der Waals surface area contributed by atoms with Crippen molar-refractivity contribution in [3.05, 3.63) is 57.0 Å².